The van der Waals surface area contributed by atoms with Gasteiger partial charge in [0.25, 0.3) is 0 Å². The van der Waals surface area contributed by atoms with Crippen molar-refractivity contribution in [3.63, 3.8) is 0 Å². The van der Waals surface area contributed by atoms with Gasteiger partial charge >= 0.3 is 5.97 Å². The molecule has 0 aliphatic heterocycles. The molecule has 19 heavy (non-hydrogen) atoms. The lowest BCUT2D eigenvalue weighted by molar-refractivity contribution is -0.149. The van der Waals surface area contributed by atoms with Gasteiger partial charge < -0.3 is 10.4 Å². The number of carboxylic acids is 1. The SMILES string of the molecule is CCC(CC)(CNC(=O)C(C)n1cccn1)C(=O)O. The zero-order chi connectivity index (χ0) is 14.5. The Kier molecular flexibility index (Phi) is 5.09. The summed E-state index contributed by atoms with van der Waals surface area (Å²) >= 11 is 0. The summed E-state index contributed by atoms with van der Waals surface area (Å²) in [5.74, 6) is -1.10. The van der Waals surface area contributed by atoms with Gasteiger partial charge in [-0.05, 0) is 25.8 Å². The smallest absolute Gasteiger partial charge is 0.311 e. The highest BCUT2D eigenvalue weighted by Gasteiger charge is 2.35. The fraction of sp³-hybridized carbons (Fsp3) is 0.615. The molecule has 1 heterocycles. The van der Waals surface area contributed by atoms with Crippen molar-refractivity contribution in [2.24, 2.45) is 5.41 Å². The first-order valence-corrected chi connectivity index (χ1v) is 6.47. The zero-order valence-electron chi connectivity index (χ0n) is 11.6. The van der Waals surface area contributed by atoms with Crippen molar-refractivity contribution in [3.8, 4) is 0 Å². The summed E-state index contributed by atoms with van der Waals surface area (Å²) in [5, 5.41) is 16.0. The first-order valence-electron chi connectivity index (χ1n) is 6.47. The van der Waals surface area contributed by atoms with Crippen LogP contribution in [0.2, 0.25) is 0 Å². The molecule has 0 aliphatic carbocycles. The predicted octanol–water partition coefficient (Wildman–Crippen LogP) is 1.45. The second-order valence-electron chi connectivity index (χ2n) is 4.67. The molecule has 1 amide bonds. The third-order valence-corrected chi connectivity index (χ3v) is 3.71. The zero-order valence-corrected chi connectivity index (χ0v) is 11.6. The van der Waals surface area contributed by atoms with Gasteiger partial charge in [0.05, 0.1) is 5.41 Å². The summed E-state index contributed by atoms with van der Waals surface area (Å²) in [5.41, 5.74) is -0.889. The average Bonchev–Trinajstić information content (AvgIpc) is 2.92. The van der Waals surface area contributed by atoms with Crippen LogP contribution in [0, 0.1) is 5.41 Å². The van der Waals surface area contributed by atoms with Crippen molar-refractivity contribution < 1.29 is 14.7 Å². The Hall–Kier alpha value is -1.85. The highest BCUT2D eigenvalue weighted by atomic mass is 16.4. The molecule has 1 aromatic heterocycles. The number of aliphatic carboxylic acids is 1. The second kappa shape index (κ2) is 6.36. The van der Waals surface area contributed by atoms with Crippen LogP contribution < -0.4 is 5.32 Å². The Morgan fingerprint density at radius 3 is 2.47 bits per heavy atom. The lowest BCUT2D eigenvalue weighted by atomic mass is 9.82. The van der Waals surface area contributed by atoms with E-state index >= 15 is 0 Å². The topological polar surface area (TPSA) is 84.2 Å². The van der Waals surface area contributed by atoms with Crippen molar-refractivity contribution in [1.82, 2.24) is 15.1 Å². The summed E-state index contributed by atoms with van der Waals surface area (Å²) in [7, 11) is 0. The van der Waals surface area contributed by atoms with Gasteiger partial charge in [0, 0.05) is 18.9 Å². The summed E-state index contributed by atoms with van der Waals surface area (Å²) < 4.78 is 1.54. The van der Waals surface area contributed by atoms with E-state index in [0.717, 1.165) is 0 Å². The number of hydrogen-bond acceptors (Lipinski definition) is 3. The number of nitrogens with one attached hydrogen (secondary N) is 1. The number of aromatic nitrogens is 2. The molecule has 0 aliphatic rings. The summed E-state index contributed by atoms with van der Waals surface area (Å²) in [6.07, 6.45) is 4.27. The van der Waals surface area contributed by atoms with Crippen molar-refractivity contribution in [2.45, 2.75) is 39.7 Å². The minimum atomic E-state index is -0.889. The van der Waals surface area contributed by atoms with E-state index in [9.17, 15) is 14.7 Å². The number of nitrogens with zero attached hydrogens (tertiary/aromatic N) is 2. The maximum atomic E-state index is 12.0. The lowest BCUT2D eigenvalue weighted by Crippen LogP contribution is -2.44. The summed E-state index contributed by atoms with van der Waals surface area (Å²) in [6.45, 7) is 5.50. The van der Waals surface area contributed by atoms with E-state index < -0.39 is 17.4 Å². The van der Waals surface area contributed by atoms with Crippen LogP contribution in [0.4, 0.5) is 0 Å². The molecule has 1 atom stereocenters. The number of amides is 1. The van der Waals surface area contributed by atoms with Crippen LogP contribution in [0.25, 0.3) is 0 Å². The van der Waals surface area contributed by atoms with E-state index in [2.05, 4.69) is 10.4 Å². The third-order valence-electron chi connectivity index (χ3n) is 3.71. The van der Waals surface area contributed by atoms with Crippen molar-refractivity contribution in [1.29, 1.82) is 0 Å². The van der Waals surface area contributed by atoms with Crippen LogP contribution in [-0.2, 0) is 9.59 Å². The second-order valence-corrected chi connectivity index (χ2v) is 4.67. The first-order chi connectivity index (χ1) is 8.96. The van der Waals surface area contributed by atoms with Crippen LogP contribution in [0.1, 0.15) is 39.7 Å². The molecule has 0 spiro atoms. The van der Waals surface area contributed by atoms with Gasteiger partial charge in [-0.15, -0.1) is 0 Å². The minimum absolute atomic E-state index is 0.139. The Morgan fingerprint density at radius 2 is 2.05 bits per heavy atom. The number of carboxylic acid groups (broad SMARTS) is 1. The van der Waals surface area contributed by atoms with Gasteiger partial charge in [-0.25, -0.2) is 0 Å². The van der Waals surface area contributed by atoms with Crippen molar-refractivity contribution in [2.75, 3.05) is 6.54 Å². The van der Waals surface area contributed by atoms with E-state index in [1.807, 2.05) is 13.8 Å². The molecule has 0 fully saturated rings. The van der Waals surface area contributed by atoms with Crippen molar-refractivity contribution in [3.05, 3.63) is 18.5 Å². The molecule has 2 N–H and O–H groups in total. The van der Waals surface area contributed by atoms with Crippen LogP contribution >= 0.6 is 0 Å². The van der Waals surface area contributed by atoms with Crippen LogP contribution in [-0.4, -0.2) is 33.3 Å². The molecule has 1 unspecified atom stereocenters. The molecule has 0 saturated heterocycles. The van der Waals surface area contributed by atoms with Gasteiger partial charge in [0.1, 0.15) is 6.04 Å². The number of hydrogen-bond donors (Lipinski definition) is 2. The molecule has 0 bridgehead atoms. The van der Waals surface area contributed by atoms with Crippen LogP contribution in [0.3, 0.4) is 0 Å². The standard InChI is InChI=1S/C13H21N3O3/c1-4-13(5-2,12(18)19)9-14-11(17)10(3)16-8-6-7-15-16/h6-8,10H,4-5,9H2,1-3H3,(H,14,17)(H,18,19). The van der Waals surface area contributed by atoms with Gasteiger partial charge in [-0.2, -0.15) is 5.10 Å². The molecular formula is C13H21N3O3. The van der Waals surface area contributed by atoms with E-state index in [1.165, 1.54) is 4.68 Å². The monoisotopic (exact) mass is 267 g/mol. The molecule has 1 aromatic rings. The third kappa shape index (κ3) is 3.33. The maximum Gasteiger partial charge on any atom is 0.311 e. The molecule has 0 radical (unpaired) electrons. The van der Waals surface area contributed by atoms with Crippen LogP contribution in [0.15, 0.2) is 18.5 Å². The van der Waals surface area contributed by atoms with E-state index in [1.54, 1.807) is 25.4 Å². The van der Waals surface area contributed by atoms with E-state index in [0.29, 0.717) is 12.8 Å². The molecule has 1 rings (SSSR count). The Labute approximate surface area is 112 Å². The Morgan fingerprint density at radius 1 is 1.42 bits per heavy atom. The normalized spacial score (nSPS) is 13.0. The van der Waals surface area contributed by atoms with Gasteiger partial charge in [0.15, 0.2) is 0 Å². The van der Waals surface area contributed by atoms with Gasteiger partial charge in [-0.3, -0.25) is 14.3 Å². The molecular weight excluding hydrogens is 246 g/mol. The summed E-state index contributed by atoms with van der Waals surface area (Å²) in [6, 6.07) is 1.29. The number of rotatable bonds is 7. The van der Waals surface area contributed by atoms with E-state index in [4.69, 9.17) is 0 Å². The van der Waals surface area contributed by atoms with Gasteiger partial charge in [0.2, 0.25) is 5.91 Å². The average molecular weight is 267 g/mol. The quantitative estimate of drug-likeness (QED) is 0.783. The molecule has 0 saturated carbocycles. The maximum absolute atomic E-state index is 12.0. The Balaban J connectivity index is 2.65. The molecule has 6 heteroatoms. The van der Waals surface area contributed by atoms with Crippen LogP contribution in [0.5, 0.6) is 0 Å². The largest absolute Gasteiger partial charge is 0.481 e. The van der Waals surface area contributed by atoms with Crippen molar-refractivity contribution >= 4 is 11.9 Å². The fourth-order valence-electron chi connectivity index (χ4n) is 1.91. The predicted molar refractivity (Wildman–Crippen MR) is 70.6 cm³/mol. The lowest BCUT2D eigenvalue weighted by Gasteiger charge is -2.27. The highest BCUT2D eigenvalue weighted by molar-refractivity contribution is 5.81. The molecule has 106 valence electrons. The highest BCUT2D eigenvalue weighted by Crippen LogP contribution is 2.25. The Bertz CT molecular complexity index is 424. The molecule has 6 nitrogen and oxygen atoms in total. The fourth-order valence-corrected chi connectivity index (χ4v) is 1.91. The number of carbonyl (C=O) groups excluding carboxylic acids is 1. The van der Waals surface area contributed by atoms with E-state index in [-0.39, 0.29) is 12.5 Å². The van der Waals surface area contributed by atoms with Gasteiger partial charge in [-0.1, -0.05) is 13.8 Å². The minimum Gasteiger partial charge on any atom is -0.481 e. The number of carbonyl (C=O) groups is 2. The molecule has 0 aromatic carbocycles. The first kappa shape index (κ1) is 15.2. The summed E-state index contributed by atoms with van der Waals surface area (Å²) in [4.78, 5) is 23.3.